The van der Waals surface area contributed by atoms with E-state index in [1.54, 1.807) is 24.3 Å². The van der Waals surface area contributed by atoms with Crippen LogP contribution in [-0.4, -0.2) is 14.3 Å². The summed E-state index contributed by atoms with van der Waals surface area (Å²) in [5.74, 6) is -0.659. The zero-order chi connectivity index (χ0) is 20.1. The van der Waals surface area contributed by atoms with Crippen LogP contribution in [0.15, 0.2) is 82.2 Å². The largest absolute Gasteiger partial charge is 0.268 e. The Morgan fingerprint density at radius 3 is 1.93 bits per heavy atom. The molecule has 0 saturated carbocycles. The fraction of sp³-hybridized carbons (Fsp3) is 0.136. The first kappa shape index (κ1) is 20.3. The van der Waals surface area contributed by atoms with Crippen LogP contribution < -0.4 is 4.72 Å². The van der Waals surface area contributed by atoms with E-state index in [1.165, 1.54) is 17.7 Å². The van der Waals surface area contributed by atoms with Gasteiger partial charge in [0, 0.05) is 10.0 Å². The molecule has 0 unspecified atom stereocenters. The molecule has 3 aromatic rings. The maximum absolute atomic E-state index is 12.4. The Labute approximate surface area is 173 Å². The van der Waals surface area contributed by atoms with Crippen LogP contribution in [0, 0.1) is 0 Å². The van der Waals surface area contributed by atoms with Gasteiger partial charge < -0.3 is 0 Å². The molecule has 0 fully saturated rings. The lowest BCUT2D eigenvalue weighted by molar-refractivity contribution is 0.0981. The fourth-order valence-corrected chi connectivity index (χ4v) is 4.06. The predicted octanol–water partition coefficient (Wildman–Crippen LogP) is 5.19. The van der Waals surface area contributed by atoms with Gasteiger partial charge in [-0.2, -0.15) is 0 Å². The van der Waals surface area contributed by atoms with Crippen LogP contribution in [0.5, 0.6) is 0 Å². The zero-order valence-electron chi connectivity index (χ0n) is 15.4. The average molecular weight is 458 g/mol. The summed E-state index contributed by atoms with van der Waals surface area (Å²) in [6, 6.07) is 21.3. The smallest absolute Gasteiger partial charge is 0.264 e. The maximum atomic E-state index is 12.4. The molecule has 3 aromatic carbocycles. The van der Waals surface area contributed by atoms with Crippen molar-refractivity contribution < 1.29 is 13.2 Å². The van der Waals surface area contributed by atoms with E-state index in [1.807, 2.05) is 12.1 Å². The molecule has 0 radical (unpaired) electrons. The van der Waals surface area contributed by atoms with Crippen molar-refractivity contribution in [2.75, 3.05) is 0 Å². The minimum Gasteiger partial charge on any atom is -0.268 e. The van der Waals surface area contributed by atoms with Gasteiger partial charge in [-0.3, -0.25) is 4.79 Å². The molecule has 0 heterocycles. The van der Waals surface area contributed by atoms with Gasteiger partial charge in [-0.15, -0.1) is 0 Å². The minimum atomic E-state index is -3.92. The summed E-state index contributed by atoms with van der Waals surface area (Å²) in [6.07, 6.45) is 2.15. The maximum Gasteiger partial charge on any atom is 0.264 e. The van der Waals surface area contributed by atoms with Crippen molar-refractivity contribution in [1.29, 1.82) is 0 Å². The second-order valence-corrected chi connectivity index (χ2v) is 9.01. The normalized spacial score (nSPS) is 11.2. The summed E-state index contributed by atoms with van der Waals surface area (Å²) in [5, 5.41) is 0. The van der Waals surface area contributed by atoms with Crippen molar-refractivity contribution in [2.24, 2.45) is 0 Å². The third-order valence-electron chi connectivity index (χ3n) is 4.32. The van der Waals surface area contributed by atoms with Crippen molar-refractivity contribution in [3.8, 4) is 11.1 Å². The number of rotatable bonds is 6. The van der Waals surface area contributed by atoms with Crippen LogP contribution >= 0.6 is 15.9 Å². The van der Waals surface area contributed by atoms with Crippen LogP contribution in [0.25, 0.3) is 11.1 Å². The molecular weight excluding hydrogens is 438 g/mol. The predicted molar refractivity (Wildman–Crippen MR) is 115 cm³/mol. The fourth-order valence-electron chi connectivity index (χ4n) is 2.82. The lowest BCUT2D eigenvalue weighted by atomic mass is 10.0. The highest BCUT2D eigenvalue weighted by Gasteiger charge is 2.18. The number of hydrogen-bond donors (Lipinski definition) is 1. The summed E-state index contributed by atoms with van der Waals surface area (Å²) in [4.78, 5) is 12.4. The zero-order valence-corrected chi connectivity index (χ0v) is 17.8. The van der Waals surface area contributed by atoms with E-state index in [4.69, 9.17) is 0 Å². The molecule has 0 atom stereocenters. The van der Waals surface area contributed by atoms with Gasteiger partial charge in [0.15, 0.2) is 0 Å². The third kappa shape index (κ3) is 4.88. The highest BCUT2D eigenvalue weighted by atomic mass is 79.9. The quantitative estimate of drug-likeness (QED) is 0.553. The van der Waals surface area contributed by atoms with Crippen molar-refractivity contribution in [3.63, 3.8) is 0 Å². The van der Waals surface area contributed by atoms with E-state index in [0.717, 1.165) is 28.4 Å². The number of aryl methyl sites for hydroxylation is 1. The monoisotopic (exact) mass is 457 g/mol. The van der Waals surface area contributed by atoms with Gasteiger partial charge in [0.2, 0.25) is 0 Å². The van der Waals surface area contributed by atoms with Crippen molar-refractivity contribution in [1.82, 2.24) is 4.72 Å². The molecular formula is C22H20BrNO3S. The first-order valence-corrected chi connectivity index (χ1v) is 11.2. The molecule has 0 spiro atoms. The van der Waals surface area contributed by atoms with Gasteiger partial charge in [-0.05, 0) is 59.5 Å². The topological polar surface area (TPSA) is 63.2 Å². The molecule has 3 rings (SSSR count). The number of halogens is 1. The Kier molecular flexibility index (Phi) is 6.31. The molecule has 1 amide bonds. The second-order valence-electron chi connectivity index (χ2n) is 6.41. The number of carbonyl (C=O) groups excluding carboxylic acids is 1. The Hall–Kier alpha value is -2.44. The van der Waals surface area contributed by atoms with E-state index in [9.17, 15) is 13.2 Å². The van der Waals surface area contributed by atoms with E-state index in [-0.39, 0.29) is 10.5 Å². The molecule has 0 aliphatic heterocycles. The molecule has 0 bridgehead atoms. The molecule has 0 aromatic heterocycles. The molecule has 0 saturated heterocycles. The van der Waals surface area contributed by atoms with Crippen molar-refractivity contribution >= 4 is 31.9 Å². The standard InChI is InChI=1S/C22H20BrNO3S/c1-2-3-16-4-6-17(7-5-16)18-8-10-19(11-9-18)22(25)24-28(26,27)21-14-12-20(23)13-15-21/h4-15H,2-3H2,1H3,(H,24,25). The van der Waals surface area contributed by atoms with E-state index in [2.05, 4.69) is 51.8 Å². The Bertz CT molecular complexity index is 1060. The first-order chi connectivity index (χ1) is 13.4. The number of sulfonamides is 1. The lowest BCUT2D eigenvalue weighted by Crippen LogP contribution is -2.30. The second kappa shape index (κ2) is 8.71. The van der Waals surface area contributed by atoms with Crippen molar-refractivity contribution in [2.45, 2.75) is 24.7 Å². The van der Waals surface area contributed by atoms with E-state index >= 15 is 0 Å². The Morgan fingerprint density at radius 2 is 1.39 bits per heavy atom. The average Bonchev–Trinajstić information content (AvgIpc) is 2.69. The summed E-state index contributed by atoms with van der Waals surface area (Å²) in [6.45, 7) is 2.15. The molecule has 1 N–H and O–H groups in total. The van der Waals surface area contributed by atoms with Crippen LogP contribution in [0.2, 0.25) is 0 Å². The van der Waals surface area contributed by atoms with Crippen LogP contribution in [0.3, 0.4) is 0 Å². The van der Waals surface area contributed by atoms with Gasteiger partial charge in [-0.1, -0.05) is 65.7 Å². The molecule has 28 heavy (non-hydrogen) atoms. The van der Waals surface area contributed by atoms with Gasteiger partial charge in [0.1, 0.15) is 0 Å². The number of benzene rings is 3. The van der Waals surface area contributed by atoms with E-state index < -0.39 is 15.9 Å². The van der Waals surface area contributed by atoms with Gasteiger partial charge in [0.05, 0.1) is 4.90 Å². The molecule has 144 valence electrons. The molecule has 0 aliphatic rings. The highest BCUT2D eigenvalue weighted by molar-refractivity contribution is 9.10. The SMILES string of the molecule is CCCc1ccc(-c2ccc(C(=O)NS(=O)(=O)c3ccc(Br)cc3)cc2)cc1. The number of nitrogens with one attached hydrogen (secondary N) is 1. The minimum absolute atomic E-state index is 0.0350. The van der Waals surface area contributed by atoms with Gasteiger partial charge in [-0.25, -0.2) is 13.1 Å². The summed E-state index contributed by atoms with van der Waals surface area (Å²) in [5.41, 5.74) is 3.59. The number of amides is 1. The Morgan fingerprint density at radius 1 is 0.857 bits per heavy atom. The van der Waals surface area contributed by atoms with Crippen LogP contribution in [0.1, 0.15) is 29.3 Å². The van der Waals surface area contributed by atoms with Crippen LogP contribution in [-0.2, 0) is 16.4 Å². The third-order valence-corrected chi connectivity index (χ3v) is 6.20. The molecule has 4 nitrogen and oxygen atoms in total. The first-order valence-electron chi connectivity index (χ1n) is 8.91. The summed E-state index contributed by atoms with van der Waals surface area (Å²) in [7, 11) is -3.92. The number of hydrogen-bond acceptors (Lipinski definition) is 3. The molecule has 0 aliphatic carbocycles. The molecule has 6 heteroatoms. The lowest BCUT2D eigenvalue weighted by Gasteiger charge is -2.08. The highest BCUT2D eigenvalue weighted by Crippen LogP contribution is 2.21. The van der Waals surface area contributed by atoms with Crippen molar-refractivity contribution in [3.05, 3.63) is 88.4 Å². The van der Waals surface area contributed by atoms with Crippen LogP contribution in [0.4, 0.5) is 0 Å². The van der Waals surface area contributed by atoms with Gasteiger partial charge >= 0.3 is 0 Å². The Balaban J connectivity index is 1.73. The van der Waals surface area contributed by atoms with E-state index in [0.29, 0.717) is 0 Å². The number of carbonyl (C=O) groups is 1. The summed E-state index contributed by atoms with van der Waals surface area (Å²) < 4.78 is 27.6. The van der Waals surface area contributed by atoms with Gasteiger partial charge in [0.25, 0.3) is 15.9 Å². The summed E-state index contributed by atoms with van der Waals surface area (Å²) >= 11 is 3.26.